The monoisotopic (exact) mass is 395 g/mol. The third kappa shape index (κ3) is 3.67. The summed E-state index contributed by atoms with van der Waals surface area (Å²) >= 11 is 5.84. The molecule has 7 nitrogen and oxygen atoms in total. The molecule has 1 aliphatic heterocycles. The van der Waals surface area contributed by atoms with Crippen molar-refractivity contribution in [2.24, 2.45) is 0 Å². The normalized spacial score (nSPS) is 18.7. The first-order valence-corrected chi connectivity index (χ1v) is 9.87. The zero-order chi connectivity index (χ0) is 18.9. The lowest BCUT2D eigenvalue weighted by molar-refractivity contribution is -0.384. The van der Waals surface area contributed by atoms with E-state index in [1.165, 1.54) is 28.6 Å². The molecule has 1 aliphatic rings. The van der Waals surface area contributed by atoms with Crippen LogP contribution in [-0.4, -0.2) is 43.3 Å². The van der Waals surface area contributed by atoms with Gasteiger partial charge in [-0.15, -0.1) is 0 Å². The van der Waals surface area contributed by atoms with Gasteiger partial charge in [0.05, 0.1) is 9.82 Å². The molecule has 26 heavy (non-hydrogen) atoms. The van der Waals surface area contributed by atoms with Crippen molar-refractivity contribution >= 4 is 33.0 Å². The highest BCUT2D eigenvalue weighted by Gasteiger charge is 2.33. The van der Waals surface area contributed by atoms with Gasteiger partial charge < -0.3 is 4.90 Å². The van der Waals surface area contributed by atoms with Crippen molar-refractivity contribution in [1.29, 1.82) is 0 Å². The largest absolute Gasteiger partial charge is 0.369 e. The Hall–Kier alpha value is -2.16. The van der Waals surface area contributed by atoms with Gasteiger partial charge in [-0.05, 0) is 43.3 Å². The van der Waals surface area contributed by atoms with E-state index in [0.717, 1.165) is 5.69 Å². The molecular weight excluding hydrogens is 378 g/mol. The van der Waals surface area contributed by atoms with Gasteiger partial charge in [0, 0.05) is 48.5 Å². The van der Waals surface area contributed by atoms with E-state index in [4.69, 9.17) is 11.6 Å². The van der Waals surface area contributed by atoms with Crippen LogP contribution in [-0.2, 0) is 10.0 Å². The number of nitro benzene ring substituents is 1. The molecule has 2 aromatic rings. The molecule has 1 saturated heterocycles. The summed E-state index contributed by atoms with van der Waals surface area (Å²) in [5.74, 6) is 0. The topological polar surface area (TPSA) is 83.8 Å². The highest BCUT2D eigenvalue weighted by molar-refractivity contribution is 7.89. The van der Waals surface area contributed by atoms with E-state index < -0.39 is 14.9 Å². The van der Waals surface area contributed by atoms with Gasteiger partial charge in [-0.1, -0.05) is 11.6 Å². The summed E-state index contributed by atoms with van der Waals surface area (Å²) in [4.78, 5) is 12.6. The van der Waals surface area contributed by atoms with Crippen molar-refractivity contribution in [3.05, 3.63) is 63.7 Å². The van der Waals surface area contributed by atoms with Crippen LogP contribution in [0.4, 0.5) is 11.4 Å². The molecule has 1 atom stereocenters. The van der Waals surface area contributed by atoms with Gasteiger partial charge in [0.2, 0.25) is 10.0 Å². The zero-order valence-electron chi connectivity index (χ0n) is 14.1. The van der Waals surface area contributed by atoms with Gasteiger partial charge in [-0.2, -0.15) is 4.31 Å². The lowest BCUT2D eigenvalue weighted by atomic mass is 10.2. The van der Waals surface area contributed by atoms with E-state index in [-0.39, 0.29) is 16.6 Å². The summed E-state index contributed by atoms with van der Waals surface area (Å²) in [5.41, 5.74) is 0.872. The van der Waals surface area contributed by atoms with E-state index >= 15 is 0 Å². The van der Waals surface area contributed by atoms with Crippen LogP contribution in [0.2, 0.25) is 5.02 Å². The second-order valence-corrected chi connectivity index (χ2v) is 8.47. The van der Waals surface area contributed by atoms with E-state index in [2.05, 4.69) is 0 Å². The Labute approximate surface area is 157 Å². The van der Waals surface area contributed by atoms with Crippen LogP contribution in [0.1, 0.15) is 6.92 Å². The molecule has 0 radical (unpaired) electrons. The molecule has 0 aromatic heterocycles. The number of benzene rings is 2. The van der Waals surface area contributed by atoms with Crippen molar-refractivity contribution < 1.29 is 13.3 Å². The zero-order valence-corrected chi connectivity index (χ0v) is 15.7. The van der Waals surface area contributed by atoms with Gasteiger partial charge in [0.25, 0.3) is 5.69 Å². The number of nitro groups is 1. The van der Waals surface area contributed by atoms with Gasteiger partial charge >= 0.3 is 0 Å². The van der Waals surface area contributed by atoms with Crippen molar-refractivity contribution in [2.75, 3.05) is 24.5 Å². The van der Waals surface area contributed by atoms with E-state index in [9.17, 15) is 18.5 Å². The highest BCUT2D eigenvalue weighted by Crippen LogP contribution is 2.26. The highest BCUT2D eigenvalue weighted by atomic mass is 35.5. The van der Waals surface area contributed by atoms with E-state index in [0.29, 0.717) is 24.7 Å². The molecule has 3 rings (SSSR count). The predicted octanol–water partition coefficient (Wildman–Crippen LogP) is 3.15. The smallest absolute Gasteiger partial charge is 0.269 e. The van der Waals surface area contributed by atoms with Gasteiger partial charge in [-0.25, -0.2) is 8.42 Å². The van der Waals surface area contributed by atoms with E-state index in [1.807, 2.05) is 11.8 Å². The summed E-state index contributed by atoms with van der Waals surface area (Å²) in [7, 11) is -3.59. The van der Waals surface area contributed by atoms with Crippen LogP contribution in [0.5, 0.6) is 0 Å². The van der Waals surface area contributed by atoms with Crippen molar-refractivity contribution in [2.45, 2.75) is 17.9 Å². The molecule has 0 saturated carbocycles. The number of sulfonamides is 1. The quantitative estimate of drug-likeness (QED) is 0.586. The number of nitrogens with zero attached hydrogens (tertiary/aromatic N) is 3. The molecule has 0 aliphatic carbocycles. The maximum absolute atomic E-state index is 12.9. The molecule has 2 aromatic carbocycles. The van der Waals surface area contributed by atoms with Gasteiger partial charge in [-0.3, -0.25) is 10.1 Å². The number of hydrogen-bond acceptors (Lipinski definition) is 5. The summed E-state index contributed by atoms with van der Waals surface area (Å²) < 4.78 is 27.2. The van der Waals surface area contributed by atoms with Gasteiger partial charge in [0.1, 0.15) is 0 Å². The summed E-state index contributed by atoms with van der Waals surface area (Å²) in [5, 5.41) is 11.2. The van der Waals surface area contributed by atoms with Gasteiger partial charge in [0.15, 0.2) is 0 Å². The van der Waals surface area contributed by atoms with E-state index in [1.54, 1.807) is 24.3 Å². The molecule has 1 heterocycles. The SMILES string of the molecule is C[C@H]1CN(c2ccc([N+](=O)[O-])cc2)CCN1S(=O)(=O)c1ccc(Cl)cc1. The Morgan fingerprint density at radius 2 is 1.69 bits per heavy atom. The molecule has 1 fully saturated rings. The van der Waals surface area contributed by atoms with Crippen LogP contribution < -0.4 is 4.90 Å². The summed E-state index contributed by atoms with van der Waals surface area (Å²) in [6, 6.07) is 12.2. The molecule has 9 heteroatoms. The van der Waals surface area contributed by atoms with Crippen molar-refractivity contribution in [1.82, 2.24) is 4.31 Å². The first-order chi connectivity index (χ1) is 12.3. The lowest BCUT2D eigenvalue weighted by Gasteiger charge is -2.40. The predicted molar refractivity (Wildman–Crippen MR) is 100 cm³/mol. The van der Waals surface area contributed by atoms with Crippen LogP contribution in [0.3, 0.4) is 0 Å². The third-order valence-electron chi connectivity index (χ3n) is 4.41. The number of anilines is 1. The lowest BCUT2D eigenvalue weighted by Crippen LogP contribution is -2.54. The summed E-state index contributed by atoms with van der Waals surface area (Å²) in [6.07, 6.45) is 0. The molecule has 138 valence electrons. The first-order valence-electron chi connectivity index (χ1n) is 8.06. The van der Waals surface area contributed by atoms with Crippen LogP contribution in [0, 0.1) is 10.1 Å². The first kappa shape index (κ1) is 18.6. The minimum absolute atomic E-state index is 0.0331. The third-order valence-corrected chi connectivity index (χ3v) is 6.69. The number of non-ortho nitro benzene ring substituents is 1. The van der Waals surface area contributed by atoms with Crippen LogP contribution in [0.25, 0.3) is 0 Å². The standard InChI is InChI=1S/C17H18ClN3O4S/c1-13-12-19(15-4-6-16(7-5-15)21(22)23)10-11-20(13)26(24,25)17-8-2-14(18)3-9-17/h2-9,13H,10-12H2,1H3/t13-/m0/s1. The Balaban J connectivity index is 1.75. The van der Waals surface area contributed by atoms with Crippen LogP contribution >= 0.6 is 11.6 Å². The fraction of sp³-hybridized carbons (Fsp3) is 0.294. The molecule has 0 spiro atoms. The van der Waals surface area contributed by atoms with Crippen molar-refractivity contribution in [3.8, 4) is 0 Å². The molecular formula is C17H18ClN3O4S. The Kier molecular flexibility index (Phi) is 5.17. The second-order valence-electron chi connectivity index (χ2n) is 6.14. The average molecular weight is 396 g/mol. The van der Waals surface area contributed by atoms with Crippen molar-refractivity contribution in [3.63, 3.8) is 0 Å². The summed E-state index contributed by atoms with van der Waals surface area (Å²) in [6.45, 7) is 3.20. The average Bonchev–Trinajstić information content (AvgIpc) is 2.62. The Morgan fingerprint density at radius 1 is 1.08 bits per heavy atom. The maximum atomic E-state index is 12.9. The number of halogens is 1. The minimum atomic E-state index is -3.59. The number of rotatable bonds is 4. The second kappa shape index (κ2) is 7.22. The number of piperazine rings is 1. The Bertz CT molecular complexity index is 901. The fourth-order valence-corrected chi connectivity index (χ4v) is 4.80. The minimum Gasteiger partial charge on any atom is -0.369 e. The maximum Gasteiger partial charge on any atom is 0.269 e. The van der Waals surface area contributed by atoms with Crippen LogP contribution in [0.15, 0.2) is 53.4 Å². The molecule has 0 amide bonds. The molecule has 0 N–H and O–H groups in total. The molecule has 0 unspecified atom stereocenters. The number of hydrogen-bond donors (Lipinski definition) is 0. The fourth-order valence-electron chi connectivity index (χ4n) is 3.06. The molecule has 0 bridgehead atoms. The Morgan fingerprint density at radius 3 is 2.23 bits per heavy atom.